The Balaban J connectivity index is 1.48. The monoisotopic (exact) mass is 589 g/mol. The molecule has 3 aromatic rings. The first-order valence-corrected chi connectivity index (χ1v) is 14.3. The molecule has 1 fully saturated rings. The number of benzene rings is 2. The highest BCUT2D eigenvalue weighted by Crippen LogP contribution is 2.35. The Labute approximate surface area is 241 Å². The van der Waals surface area contributed by atoms with Crippen molar-refractivity contribution < 1.29 is 32.2 Å². The lowest BCUT2D eigenvalue weighted by Gasteiger charge is -2.20. The molecule has 7 nitrogen and oxygen atoms in total. The molecule has 1 aliphatic rings. The van der Waals surface area contributed by atoms with Gasteiger partial charge in [0.1, 0.15) is 11.3 Å². The zero-order valence-electron chi connectivity index (χ0n) is 23.4. The largest absolute Gasteiger partial charge is 0.444 e. The molecular formula is C30H34F3N3O4S. The first-order valence-electron chi connectivity index (χ1n) is 13.4. The van der Waals surface area contributed by atoms with Crippen LogP contribution in [-0.2, 0) is 22.2 Å². The van der Waals surface area contributed by atoms with E-state index in [-0.39, 0.29) is 18.5 Å². The third kappa shape index (κ3) is 8.29. The number of carbonyl (C=O) groups excluding carboxylic acids is 2. The number of alkyl halides is 3. The molecule has 0 bridgehead atoms. The molecule has 2 amide bonds. The van der Waals surface area contributed by atoms with E-state index in [2.05, 4.69) is 15.6 Å². The summed E-state index contributed by atoms with van der Waals surface area (Å²) in [7, 11) is 0. The summed E-state index contributed by atoms with van der Waals surface area (Å²) in [5.41, 5.74) is 1.03. The average Bonchev–Trinajstić information content (AvgIpc) is 3.42. The molecule has 0 unspecified atom stereocenters. The Morgan fingerprint density at radius 2 is 1.78 bits per heavy atom. The summed E-state index contributed by atoms with van der Waals surface area (Å²) >= 11 is 1.48. The highest BCUT2D eigenvalue weighted by Gasteiger charge is 2.31. The van der Waals surface area contributed by atoms with Gasteiger partial charge in [-0.3, -0.25) is 4.79 Å². The van der Waals surface area contributed by atoms with Gasteiger partial charge in [-0.15, -0.1) is 11.3 Å². The van der Waals surface area contributed by atoms with E-state index >= 15 is 0 Å². The van der Waals surface area contributed by atoms with Crippen LogP contribution < -0.4 is 10.6 Å². The third-order valence-electron chi connectivity index (χ3n) is 6.65. The number of thiazole rings is 1. The minimum Gasteiger partial charge on any atom is -0.444 e. The zero-order chi connectivity index (χ0) is 29.8. The molecule has 4 rings (SSSR count). The van der Waals surface area contributed by atoms with Gasteiger partial charge in [-0.1, -0.05) is 30.3 Å². The number of halogens is 3. The van der Waals surface area contributed by atoms with Gasteiger partial charge in [-0.2, -0.15) is 13.2 Å². The standard InChI is InChI=1S/C30H34F3N3O4S/c1-18(35-26(37)25-17-41-27(36-25)21-11-13-39-14-12-21)19-5-7-20(8-6-19)24-15-23(30(31,32)33)10-9-22(24)16-34-28(38)40-29(2,3)4/h5-10,15,17-18,21H,11-14,16H2,1-4H3,(H,34,38)(H,35,37)/t18-/m1/s1. The maximum absolute atomic E-state index is 13.5. The highest BCUT2D eigenvalue weighted by atomic mass is 32.1. The molecule has 11 heteroatoms. The van der Waals surface area contributed by atoms with E-state index in [1.165, 1.54) is 17.4 Å². The molecule has 1 atom stereocenters. The smallest absolute Gasteiger partial charge is 0.416 e. The fraction of sp³-hybridized carbons (Fsp3) is 0.433. The predicted octanol–water partition coefficient (Wildman–Crippen LogP) is 7.24. The van der Waals surface area contributed by atoms with Gasteiger partial charge in [-0.05, 0) is 74.9 Å². The normalized spacial score (nSPS) is 15.3. The zero-order valence-corrected chi connectivity index (χ0v) is 24.2. The molecule has 1 saturated heterocycles. The second kappa shape index (κ2) is 12.6. The van der Waals surface area contributed by atoms with Gasteiger partial charge in [0, 0.05) is 31.1 Å². The summed E-state index contributed by atoms with van der Waals surface area (Å²) in [6.45, 7) is 8.38. The van der Waals surface area contributed by atoms with Crippen LogP contribution in [0.1, 0.15) is 84.7 Å². The van der Waals surface area contributed by atoms with Crippen LogP contribution in [0.4, 0.5) is 18.0 Å². The number of hydrogen-bond acceptors (Lipinski definition) is 6. The lowest BCUT2D eigenvalue weighted by molar-refractivity contribution is -0.137. The van der Waals surface area contributed by atoms with E-state index < -0.39 is 23.4 Å². The van der Waals surface area contributed by atoms with Crippen LogP contribution in [0, 0.1) is 0 Å². The maximum Gasteiger partial charge on any atom is 0.416 e. The van der Waals surface area contributed by atoms with E-state index in [4.69, 9.17) is 9.47 Å². The number of nitrogens with zero attached hydrogens (tertiary/aromatic N) is 1. The van der Waals surface area contributed by atoms with Crippen molar-refractivity contribution in [2.45, 2.75) is 70.8 Å². The molecule has 2 N–H and O–H groups in total. The van der Waals surface area contributed by atoms with E-state index in [1.54, 1.807) is 50.4 Å². The summed E-state index contributed by atoms with van der Waals surface area (Å²) in [5.74, 6) is 0.0184. The Hall–Kier alpha value is -3.44. The topological polar surface area (TPSA) is 89.5 Å². The molecule has 220 valence electrons. The lowest BCUT2D eigenvalue weighted by atomic mass is 9.95. The average molecular weight is 590 g/mol. The number of carbonyl (C=O) groups is 2. The summed E-state index contributed by atoms with van der Waals surface area (Å²) in [5, 5.41) is 8.26. The predicted molar refractivity (Wildman–Crippen MR) is 151 cm³/mol. The van der Waals surface area contributed by atoms with Gasteiger partial charge in [0.2, 0.25) is 0 Å². The SMILES string of the molecule is C[C@@H](NC(=O)c1csc(C2CCOCC2)n1)c1ccc(-c2cc(C(F)(F)F)ccc2CNC(=O)OC(C)(C)C)cc1. The van der Waals surface area contributed by atoms with Gasteiger partial charge in [0.05, 0.1) is 16.6 Å². The number of aromatic nitrogens is 1. The number of nitrogens with one attached hydrogen (secondary N) is 2. The van der Waals surface area contributed by atoms with Crippen LogP contribution in [0.3, 0.4) is 0 Å². The molecule has 41 heavy (non-hydrogen) atoms. The summed E-state index contributed by atoms with van der Waals surface area (Å²) in [6, 6.07) is 10.00. The fourth-order valence-electron chi connectivity index (χ4n) is 4.49. The van der Waals surface area contributed by atoms with E-state index in [9.17, 15) is 22.8 Å². The van der Waals surface area contributed by atoms with Crippen molar-refractivity contribution in [2.75, 3.05) is 13.2 Å². The van der Waals surface area contributed by atoms with Gasteiger partial charge < -0.3 is 20.1 Å². The summed E-state index contributed by atoms with van der Waals surface area (Å²) in [6.07, 6.45) is -3.40. The number of ether oxygens (including phenoxy) is 2. The van der Waals surface area contributed by atoms with Crippen molar-refractivity contribution >= 4 is 23.3 Å². The summed E-state index contributed by atoms with van der Waals surface area (Å²) < 4.78 is 51.2. The maximum atomic E-state index is 13.5. The van der Waals surface area contributed by atoms with Crippen molar-refractivity contribution in [1.29, 1.82) is 0 Å². The molecule has 1 aromatic heterocycles. The Morgan fingerprint density at radius 1 is 1.10 bits per heavy atom. The molecular weight excluding hydrogens is 555 g/mol. The minimum absolute atomic E-state index is 0.0138. The Bertz CT molecular complexity index is 1360. The van der Waals surface area contributed by atoms with Gasteiger partial charge in [0.25, 0.3) is 5.91 Å². The lowest BCUT2D eigenvalue weighted by Crippen LogP contribution is -2.32. The molecule has 1 aliphatic heterocycles. The quantitative estimate of drug-likeness (QED) is 0.303. The fourth-order valence-corrected chi connectivity index (χ4v) is 5.46. The molecule has 0 aliphatic carbocycles. The van der Waals surface area contributed by atoms with Gasteiger partial charge >= 0.3 is 12.3 Å². The van der Waals surface area contributed by atoms with Crippen molar-refractivity contribution in [3.63, 3.8) is 0 Å². The van der Waals surface area contributed by atoms with Crippen LogP contribution in [0.2, 0.25) is 0 Å². The van der Waals surface area contributed by atoms with E-state index in [0.717, 1.165) is 35.5 Å². The number of amides is 2. The van der Waals surface area contributed by atoms with Crippen molar-refractivity contribution in [3.05, 3.63) is 75.2 Å². The van der Waals surface area contributed by atoms with Crippen LogP contribution in [0.5, 0.6) is 0 Å². The first kappa shape index (κ1) is 30.5. The van der Waals surface area contributed by atoms with Crippen LogP contribution >= 0.6 is 11.3 Å². The molecule has 2 aromatic carbocycles. The molecule has 2 heterocycles. The van der Waals surface area contributed by atoms with E-state index in [0.29, 0.717) is 41.5 Å². The van der Waals surface area contributed by atoms with Crippen LogP contribution in [0.15, 0.2) is 47.8 Å². The van der Waals surface area contributed by atoms with Crippen LogP contribution in [-0.4, -0.2) is 35.8 Å². The third-order valence-corrected chi connectivity index (χ3v) is 7.66. The van der Waals surface area contributed by atoms with E-state index in [1.807, 2.05) is 6.92 Å². The molecule has 0 radical (unpaired) electrons. The Morgan fingerprint density at radius 3 is 2.41 bits per heavy atom. The molecule has 0 saturated carbocycles. The minimum atomic E-state index is -4.52. The van der Waals surface area contributed by atoms with Crippen LogP contribution in [0.25, 0.3) is 11.1 Å². The summed E-state index contributed by atoms with van der Waals surface area (Å²) in [4.78, 5) is 29.5. The second-order valence-electron chi connectivity index (χ2n) is 11.0. The second-order valence-corrected chi connectivity index (χ2v) is 11.9. The number of alkyl carbamates (subject to hydrolysis) is 1. The highest BCUT2D eigenvalue weighted by molar-refractivity contribution is 7.09. The number of hydrogen-bond donors (Lipinski definition) is 2. The van der Waals surface area contributed by atoms with Crippen molar-refractivity contribution in [2.24, 2.45) is 0 Å². The van der Waals surface area contributed by atoms with Crippen molar-refractivity contribution in [1.82, 2.24) is 15.6 Å². The molecule has 0 spiro atoms. The first-order chi connectivity index (χ1) is 19.3. The Kier molecular flexibility index (Phi) is 9.38. The van der Waals surface area contributed by atoms with Gasteiger partial charge in [-0.25, -0.2) is 9.78 Å². The number of rotatable bonds is 7. The van der Waals surface area contributed by atoms with Crippen molar-refractivity contribution in [3.8, 4) is 11.1 Å². The van der Waals surface area contributed by atoms with Gasteiger partial charge in [0.15, 0.2) is 0 Å².